The van der Waals surface area contributed by atoms with Crippen LogP contribution in [0.4, 0.5) is 0 Å². The summed E-state index contributed by atoms with van der Waals surface area (Å²) in [6, 6.07) is 0.232. The Hall–Kier alpha value is -2.12. The number of aliphatic imine (C=N–C) groups is 1. The van der Waals surface area contributed by atoms with Gasteiger partial charge in [-0.1, -0.05) is 18.0 Å². The molecule has 0 aromatic carbocycles. The lowest BCUT2D eigenvalue weighted by Crippen LogP contribution is -2.45. The van der Waals surface area contributed by atoms with E-state index >= 15 is 0 Å². The zero-order valence-corrected chi connectivity index (χ0v) is 15.1. The second kappa shape index (κ2) is 8.31. The topological polar surface area (TPSA) is 95.7 Å². The summed E-state index contributed by atoms with van der Waals surface area (Å²) in [5.74, 6) is 2.43. The summed E-state index contributed by atoms with van der Waals surface area (Å²) in [6.07, 6.45) is 5.45. The van der Waals surface area contributed by atoms with Gasteiger partial charge in [-0.25, -0.2) is 4.99 Å². The summed E-state index contributed by atoms with van der Waals surface area (Å²) in [4.78, 5) is 23.2. The van der Waals surface area contributed by atoms with Crippen molar-refractivity contribution in [3.63, 3.8) is 0 Å². The standard InChI is InChI=1S/C17H28N6O2/c1-3-18-17(19-10-15-20-12(2)25-22-15)21-14-8-9-23(11-14)16(24)13-6-4-5-7-13/h13-14H,3-11H2,1-2H3,(H2,18,19,21). The van der Waals surface area contributed by atoms with Gasteiger partial charge in [-0.05, 0) is 26.2 Å². The molecule has 1 aromatic heterocycles. The molecule has 138 valence electrons. The molecule has 2 fully saturated rings. The van der Waals surface area contributed by atoms with E-state index in [1.807, 2.05) is 11.8 Å². The van der Waals surface area contributed by atoms with Gasteiger partial charge in [-0.3, -0.25) is 4.79 Å². The smallest absolute Gasteiger partial charge is 0.225 e. The first kappa shape index (κ1) is 17.7. The van der Waals surface area contributed by atoms with Gasteiger partial charge in [0, 0.05) is 38.5 Å². The van der Waals surface area contributed by atoms with Crippen molar-refractivity contribution in [2.75, 3.05) is 19.6 Å². The number of aromatic nitrogens is 2. The van der Waals surface area contributed by atoms with Crippen molar-refractivity contribution in [2.24, 2.45) is 10.9 Å². The number of carbonyl (C=O) groups excluding carboxylic acids is 1. The van der Waals surface area contributed by atoms with E-state index in [9.17, 15) is 4.79 Å². The zero-order chi connectivity index (χ0) is 17.6. The number of amides is 1. The fourth-order valence-corrected chi connectivity index (χ4v) is 3.58. The molecule has 1 unspecified atom stereocenters. The van der Waals surface area contributed by atoms with E-state index in [0.29, 0.717) is 24.2 Å². The van der Waals surface area contributed by atoms with Crippen molar-refractivity contribution in [1.82, 2.24) is 25.7 Å². The highest BCUT2D eigenvalue weighted by Gasteiger charge is 2.32. The predicted octanol–water partition coefficient (Wildman–Crippen LogP) is 1.22. The van der Waals surface area contributed by atoms with Crippen LogP contribution in [-0.4, -0.2) is 52.6 Å². The Balaban J connectivity index is 1.52. The van der Waals surface area contributed by atoms with Crippen molar-refractivity contribution in [1.29, 1.82) is 0 Å². The van der Waals surface area contributed by atoms with Crippen molar-refractivity contribution < 1.29 is 9.32 Å². The number of hydrogen-bond acceptors (Lipinski definition) is 5. The number of carbonyl (C=O) groups is 1. The average molecular weight is 348 g/mol. The summed E-state index contributed by atoms with van der Waals surface area (Å²) >= 11 is 0. The minimum Gasteiger partial charge on any atom is -0.357 e. The monoisotopic (exact) mass is 348 g/mol. The first-order valence-electron chi connectivity index (χ1n) is 9.28. The molecule has 1 aliphatic carbocycles. The van der Waals surface area contributed by atoms with E-state index in [2.05, 4.69) is 25.8 Å². The van der Waals surface area contributed by atoms with Crippen molar-refractivity contribution >= 4 is 11.9 Å². The van der Waals surface area contributed by atoms with Gasteiger partial charge in [-0.15, -0.1) is 0 Å². The molecule has 1 amide bonds. The molecular formula is C17H28N6O2. The van der Waals surface area contributed by atoms with E-state index in [1.54, 1.807) is 6.92 Å². The third kappa shape index (κ3) is 4.70. The Morgan fingerprint density at radius 2 is 2.16 bits per heavy atom. The maximum atomic E-state index is 12.5. The third-order valence-electron chi connectivity index (χ3n) is 4.84. The van der Waals surface area contributed by atoms with Crippen LogP contribution >= 0.6 is 0 Å². The second-order valence-electron chi connectivity index (χ2n) is 6.82. The number of nitrogens with zero attached hydrogens (tertiary/aromatic N) is 4. The van der Waals surface area contributed by atoms with Gasteiger partial charge in [0.15, 0.2) is 11.8 Å². The lowest BCUT2D eigenvalue weighted by atomic mass is 10.1. The van der Waals surface area contributed by atoms with Crippen LogP contribution in [0.2, 0.25) is 0 Å². The number of nitrogens with one attached hydrogen (secondary N) is 2. The lowest BCUT2D eigenvalue weighted by molar-refractivity contribution is -0.134. The van der Waals surface area contributed by atoms with Gasteiger partial charge in [0.2, 0.25) is 11.8 Å². The molecule has 8 nitrogen and oxygen atoms in total. The van der Waals surface area contributed by atoms with Crippen LogP contribution in [-0.2, 0) is 11.3 Å². The van der Waals surface area contributed by atoms with E-state index in [0.717, 1.165) is 44.9 Å². The fourth-order valence-electron chi connectivity index (χ4n) is 3.58. The van der Waals surface area contributed by atoms with Crippen molar-refractivity contribution in [3.8, 4) is 0 Å². The van der Waals surface area contributed by atoms with Crippen LogP contribution in [0.25, 0.3) is 0 Å². The Kier molecular flexibility index (Phi) is 5.88. The molecule has 1 saturated carbocycles. The molecule has 25 heavy (non-hydrogen) atoms. The molecule has 1 aromatic rings. The Morgan fingerprint density at radius 1 is 1.36 bits per heavy atom. The molecule has 0 radical (unpaired) electrons. The largest absolute Gasteiger partial charge is 0.357 e. The van der Waals surface area contributed by atoms with E-state index in [-0.39, 0.29) is 12.0 Å². The summed E-state index contributed by atoms with van der Waals surface area (Å²) < 4.78 is 4.96. The van der Waals surface area contributed by atoms with Crippen LogP contribution in [0, 0.1) is 12.8 Å². The quantitative estimate of drug-likeness (QED) is 0.614. The van der Waals surface area contributed by atoms with Gasteiger partial charge in [0.05, 0.1) is 0 Å². The highest BCUT2D eigenvalue weighted by atomic mass is 16.5. The maximum Gasteiger partial charge on any atom is 0.225 e. The molecular weight excluding hydrogens is 320 g/mol. The van der Waals surface area contributed by atoms with Gasteiger partial charge < -0.3 is 20.1 Å². The van der Waals surface area contributed by atoms with Crippen LogP contribution in [0.5, 0.6) is 0 Å². The Labute approximate surface area is 148 Å². The molecule has 0 spiro atoms. The van der Waals surface area contributed by atoms with Gasteiger partial charge in [0.25, 0.3) is 0 Å². The number of aryl methyl sites for hydroxylation is 1. The van der Waals surface area contributed by atoms with E-state index in [4.69, 9.17) is 4.52 Å². The van der Waals surface area contributed by atoms with Crippen LogP contribution in [0.3, 0.4) is 0 Å². The lowest BCUT2D eigenvalue weighted by Gasteiger charge is -2.21. The minimum atomic E-state index is 0.232. The highest BCUT2D eigenvalue weighted by molar-refractivity contribution is 5.81. The maximum absolute atomic E-state index is 12.5. The molecule has 2 aliphatic rings. The number of rotatable bonds is 5. The fraction of sp³-hybridized carbons (Fsp3) is 0.765. The SMILES string of the molecule is CCNC(=NCc1noc(C)n1)NC1CCN(C(=O)C2CCCC2)C1. The molecule has 3 rings (SSSR count). The molecule has 8 heteroatoms. The summed E-state index contributed by atoms with van der Waals surface area (Å²) in [5, 5.41) is 10.5. The van der Waals surface area contributed by atoms with Gasteiger partial charge in [-0.2, -0.15) is 4.98 Å². The summed E-state index contributed by atoms with van der Waals surface area (Å²) in [7, 11) is 0. The van der Waals surface area contributed by atoms with Gasteiger partial charge in [0.1, 0.15) is 6.54 Å². The van der Waals surface area contributed by atoms with E-state index < -0.39 is 0 Å². The predicted molar refractivity (Wildman–Crippen MR) is 93.9 cm³/mol. The summed E-state index contributed by atoms with van der Waals surface area (Å²) in [6.45, 7) is 6.51. The van der Waals surface area contributed by atoms with E-state index in [1.165, 1.54) is 12.8 Å². The Morgan fingerprint density at radius 3 is 2.84 bits per heavy atom. The minimum absolute atomic E-state index is 0.232. The molecule has 1 saturated heterocycles. The molecule has 2 heterocycles. The molecule has 1 aliphatic heterocycles. The average Bonchev–Trinajstić information content (AvgIpc) is 3.34. The molecule has 2 N–H and O–H groups in total. The summed E-state index contributed by atoms with van der Waals surface area (Å²) in [5.41, 5.74) is 0. The zero-order valence-electron chi connectivity index (χ0n) is 15.1. The van der Waals surface area contributed by atoms with Crippen LogP contribution in [0.1, 0.15) is 50.7 Å². The number of hydrogen-bond donors (Lipinski definition) is 2. The van der Waals surface area contributed by atoms with Crippen molar-refractivity contribution in [3.05, 3.63) is 11.7 Å². The van der Waals surface area contributed by atoms with Gasteiger partial charge >= 0.3 is 0 Å². The Bertz CT molecular complexity index is 608. The highest BCUT2D eigenvalue weighted by Crippen LogP contribution is 2.27. The second-order valence-corrected chi connectivity index (χ2v) is 6.82. The molecule has 0 bridgehead atoms. The van der Waals surface area contributed by atoms with Crippen LogP contribution < -0.4 is 10.6 Å². The third-order valence-corrected chi connectivity index (χ3v) is 4.84. The van der Waals surface area contributed by atoms with Crippen LogP contribution in [0.15, 0.2) is 9.52 Å². The number of guanidine groups is 1. The molecule has 1 atom stereocenters. The first-order chi connectivity index (χ1) is 12.2. The number of likely N-dealkylation sites (tertiary alicyclic amines) is 1. The van der Waals surface area contributed by atoms with Crippen molar-refractivity contribution in [2.45, 2.75) is 58.5 Å². The first-order valence-corrected chi connectivity index (χ1v) is 9.28. The normalized spacial score (nSPS) is 21.8.